The Balaban J connectivity index is 1.29. The van der Waals surface area contributed by atoms with E-state index in [1.165, 1.54) is 22.7 Å². The molecule has 1 saturated carbocycles. The highest BCUT2D eigenvalue weighted by atomic mass is 32.1. The van der Waals surface area contributed by atoms with E-state index in [2.05, 4.69) is 15.6 Å². The third-order valence-electron chi connectivity index (χ3n) is 6.37. The number of hydrogen-bond acceptors (Lipinski definition) is 6. The normalized spacial score (nSPS) is 17.1. The van der Waals surface area contributed by atoms with Crippen LogP contribution in [0.15, 0.2) is 42.5 Å². The molecule has 0 saturated heterocycles. The molecule has 3 amide bonds. The van der Waals surface area contributed by atoms with Crippen molar-refractivity contribution in [2.75, 3.05) is 22.1 Å². The zero-order valence-corrected chi connectivity index (χ0v) is 19.7. The van der Waals surface area contributed by atoms with Gasteiger partial charge in [0.2, 0.25) is 11.8 Å². The molecule has 1 fully saturated rings. The SMILES string of the molecule is C[C@@H](C(=O)Nc1ccc2sc(NC(=O)C3CCCCC3)nc2c1)N1C(=O)COc2ccccc21. The van der Waals surface area contributed by atoms with E-state index >= 15 is 0 Å². The lowest BCUT2D eigenvalue weighted by Crippen LogP contribution is -2.49. The largest absolute Gasteiger partial charge is 0.482 e. The topological polar surface area (TPSA) is 101 Å². The lowest BCUT2D eigenvalue weighted by molar-refractivity contribution is -0.125. The standard InChI is InChI=1S/C25H26N4O4S/c1-15(29-19-9-5-6-10-20(19)33-14-22(29)30)23(31)26-17-11-12-21-18(13-17)27-25(34-21)28-24(32)16-7-3-2-4-8-16/h5-6,9-13,15-16H,2-4,7-8,14H2,1H3,(H,26,31)(H,27,28,32)/t15-/m0/s1. The van der Waals surface area contributed by atoms with Crippen LogP contribution in [-0.2, 0) is 14.4 Å². The van der Waals surface area contributed by atoms with Crippen molar-refractivity contribution in [3.8, 4) is 5.75 Å². The molecule has 3 aromatic rings. The Morgan fingerprint density at radius 2 is 1.91 bits per heavy atom. The van der Waals surface area contributed by atoms with E-state index in [0.29, 0.717) is 27.8 Å². The number of ether oxygens (including phenoxy) is 1. The highest BCUT2D eigenvalue weighted by Gasteiger charge is 2.33. The van der Waals surface area contributed by atoms with E-state index in [4.69, 9.17) is 4.74 Å². The van der Waals surface area contributed by atoms with Gasteiger partial charge in [-0.05, 0) is 50.1 Å². The minimum atomic E-state index is -0.728. The van der Waals surface area contributed by atoms with E-state index in [-0.39, 0.29) is 30.2 Å². The predicted molar refractivity (Wildman–Crippen MR) is 132 cm³/mol. The molecule has 176 valence electrons. The third-order valence-corrected chi connectivity index (χ3v) is 7.32. The zero-order valence-electron chi connectivity index (χ0n) is 18.9. The number of carbonyl (C=O) groups is 3. The van der Waals surface area contributed by atoms with Crippen molar-refractivity contribution in [1.29, 1.82) is 0 Å². The van der Waals surface area contributed by atoms with Crippen molar-refractivity contribution in [1.82, 2.24) is 4.98 Å². The van der Waals surface area contributed by atoms with Crippen LogP contribution in [-0.4, -0.2) is 35.4 Å². The van der Waals surface area contributed by atoms with Gasteiger partial charge in [-0.25, -0.2) is 4.98 Å². The summed E-state index contributed by atoms with van der Waals surface area (Å²) in [4.78, 5) is 44.1. The second-order valence-corrected chi connectivity index (χ2v) is 9.74. The maximum atomic E-state index is 13.0. The zero-order chi connectivity index (χ0) is 23.7. The number of hydrogen-bond donors (Lipinski definition) is 2. The lowest BCUT2D eigenvalue weighted by atomic mass is 9.89. The van der Waals surface area contributed by atoms with Gasteiger partial charge in [0.1, 0.15) is 11.8 Å². The van der Waals surface area contributed by atoms with Crippen molar-refractivity contribution in [2.24, 2.45) is 5.92 Å². The van der Waals surface area contributed by atoms with E-state index in [1.54, 1.807) is 37.3 Å². The molecule has 0 bridgehead atoms. The van der Waals surface area contributed by atoms with Crippen LogP contribution in [0.25, 0.3) is 10.2 Å². The summed E-state index contributed by atoms with van der Waals surface area (Å²) in [5, 5.41) is 6.42. The van der Waals surface area contributed by atoms with Gasteiger partial charge in [0.05, 0.1) is 15.9 Å². The summed E-state index contributed by atoms with van der Waals surface area (Å²) in [7, 11) is 0. The monoisotopic (exact) mass is 478 g/mol. The van der Waals surface area contributed by atoms with Crippen LogP contribution < -0.4 is 20.3 Å². The number of nitrogens with one attached hydrogen (secondary N) is 2. The molecule has 2 N–H and O–H groups in total. The smallest absolute Gasteiger partial charge is 0.265 e. The summed E-state index contributed by atoms with van der Waals surface area (Å²) < 4.78 is 6.39. The van der Waals surface area contributed by atoms with Crippen LogP contribution in [0.5, 0.6) is 5.75 Å². The average Bonchev–Trinajstić information content (AvgIpc) is 3.25. The predicted octanol–water partition coefficient (Wildman–Crippen LogP) is 4.57. The summed E-state index contributed by atoms with van der Waals surface area (Å²) in [6, 6.07) is 11.9. The Morgan fingerprint density at radius 1 is 1.12 bits per heavy atom. The molecule has 8 nitrogen and oxygen atoms in total. The molecular weight excluding hydrogens is 452 g/mol. The number of aromatic nitrogens is 1. The fraction of sp³-hybridized carbons (Fsp3) is 0.360. The molecule has 0 unspecified atom stereocenters. The first kappa shape index (κ1) is 22.3. The van der Waals surface area contributed by atoms with Gasteiger partial charge < -0.3 is 15.4 Å². The fourth-order valence-electron chi connectivity index (χ4n) is 4.54. The van der Waals surface area contributed by atoms with E-state index in [1.807, 2.05) is 12.1 Å². The second-order valence-electron chi connectivity index (χ2n) is 8.71. The molecular formula is C25H26N4O4S. The molecule has 1 aliphatic heterocycles. The second kappa shape index (κ2) is 9.42. The maximum Gasteiger partial charge on any atom is 0.265 e. The molecule has 0 spiro atoms. The Hall–Kier alpha value is -3.46. The highest BCUT2D eigenvalue weighted by molar-refractivity contribution is 7.22. The Morgan fingerprint density at radius 3 is 2.74 bits per heavy atom. The van der Waals surface area contributed by atoms with Crippen molar-refractivity contribution >= 4 is 55.8 Å². The highest BCUT2D eigenvalue weighted by Crippen LogP contribution is 2.34. The molecule has 5 rings (SSSR count). The molecule has 9 heteroatoms. The molecule has 34 heavy (non-hydrogen) atoms. The molecule has 1 aliphatic carbocycles. The minimum absolute atomic E-state index is 0.0385. The van der Waals surface area contributed by atoms with Gasteiger partial charge in [-0.2, -0.15) is 0 Å². The number of fused-ring (bicyclic) bond motifs is 2. The lowest BCUT2D eigenvalue weighted by Gasteiger charge is -2.33. The summed E-state index contributed by atoms with van der Waals surface area (Å²) in [6.45, 7) is 1.59. The first-order valence-corrected chi connectivity index (χ1v) is 12.4. The van der Waals surface area contributed by atoms with Crippen molar-refractivity contribution < 1.29 is 19.1 Å². The summed E-state index contributed by atoms with van der Waals surface area (Å²) in [6.07, 6.45) is 5.26. The van der Waals surface area contributed by atoms with E-state index in [0.717, 1.165) is 30.4 Å². The fourth-order valence-corrected chi connectivity index (χ4v) is 5.39. The molecule has 1 aromatic heterocycles. The van der Waals surface area contributed by atoms with Crippen LogP contribution in [0.2, 0.25) is 0 Å². The van der Waals surface area contributed by atoms with Gasteiger partial charge in [0, 0.05) is 11.6 Å². The van der Waals surface area contributed by atoms with E-state index in [9.17, 15) is 14.4 Å². The molecule has 2 heterocycles. The Labute approximate surface area is 201 Å². The summed E-state index contributed by atoms with van der Waals surface area (Å²) >= 11 is 1.42. The van der Waals surface area contributed by atoms with Crippen molar-refractivity contribution in [2.45, 2.75) is 45.1 Å². The molecule has 0 radical (unpaired) electrons. The van der Waals surface area contributed by atoms with Crippen LogP contribution in [0.1, 0.15) is 39.0 Å². The van der Waals surface area contributed by atoms with Crippen LogP contribution in [0.4, 0.5) is 16.5 Å². The minimum Gasteiger partial charge on any atom is -0.482 e. The van der Waals surface area contributed by atoms with Gasteiger partial charge in [-0.1, -0.05) is 42.7 Å². The number of rotatable bonds is 5. The quantitative estimate of drug-likeness (QED) is 0.560. The van der Waals surface area contributed by atoms with Gasteiger partial charge >= 0.3 is 0 Å². The number of amides is 3. The van der Waals surface area contributed by atoms with Crippen LogP contribution in [0, 0.1) is 5.92 Å². The molecule has 2 aliphatic rings. The third kappa shape index (κ3) is 4.48. The van der Waals surface area contributed by atoms with Crippen LogP contribution >= 0.6 is 11.3 Å². The van der Waals surface area contributed by atoms with Gasteiger partial charge in [0.15, 0.2) is 11.7 Å². The van der Waals surface area contributed by atoms with Gasteiger partial charge in [-0.15, -0.1) is 0 Å². The first-order chi connectivity index (χ1) is 16.5. The summed E-state index contributed by atoms with van der Waals surface area (Å²) in [5.74, 6) is 0.0928. The van der Waals surface area contributed by atoms with Crippen molar-refractivity contribution in [3.63, 3.8) is 0 Å². The Bertz CT molecular complexity index is 1250. The molecule has 1 atom stereocenters. The van der Waals surface area contributed by atoms with Gasteiger partial charge in [-0.3, -0.25) is 19.3 Å². The number of carbonyl (C=O) groups excluding carboxylic acids is 3. The maximum absolute atomic E-state index is 13.0. The van der Waals surface area contributed by atoms with Crippen molar-refractivity contribution in [3.05, 3.63) is 42.5 Å². The number of anilines is 3. The van der Waals surface area contributed by atoms with Gasteiger partial charge in [0.25, 0.3) is 5.91 Å². The first-order valence-electron chi connectivity index (χ1n) is 11.6. The molecule has 2 aromatic carbocycles. The average molecular weight is 479 g/mol. The number of thiazole rings is 1. The number of para-hydroxylation sites is 2. The number of nitrogens with zero attached hydrogens (tertiary/aromatic N) is 2. The Kier molecular flexibility index (Phi) is 6.19. The van der Waals surface area contributed by atoms with E-state index < -0.39 is 6.04 Å². The number of benzene rings is 2. The van der Waals surface area contributed by atoms with Crippen LogP contribution in [0.3, 0.4) is 0 Å². The summed E-state index contributed by atoms with van der Waals surface area (Å²) in [5.41, 5.74) is 1.85.